The fourth-order valence-electron chi connectivity index (χ4n) is 1.38. The van der Waals surface area contributed by atoms with Gasteiger partial charge in [0.05, 0.1) is 4.90 Å². The Morgan fingerprint density at radius 3 is 2.41 bits per heavy atom. The monoisotopic (exact) mass is 317 g/mol. The summed E-state index contributed by atoms with van der Waals surface area (Å²) in [5, 5.41) is 0. The van der Waals surface area contributed by atoms with E-state index in [-0.39, 0.29) is 11.4 Å². The van der Waals surface area contributed by atoms with Crippen molar-refractivity contribution < 1.29 is 8.42 Å². The third-order valence-electron chi connectivity index (χ3n) is 2.23. The number of aryl methyl sites for hydroxylation is 1. The number of sulfonamides is 1. The Hall–Kier alpha value is -0.650. The highest BCUT2D eigenvalue weighted by Gasteiger charge is 2.12. The van der Waals surface area contributed by atoms with E-state index in [1.807, 2.05) is 12.1 Å². The molecule has 5 heteroatoms. The molecule has 0 amide bonds. The molecular formula is C12H16BrNO2S. The molecule has 0 radical (unpaired) electrons. The van der Waals surface area contributed by atoms with Crippen molar-refractivity contribution in [2.75, 3.05) is 6.54 Å². The van der Waals surface area contributed by atoms with Crippen LogP contribution in [0, 0.1) is 0 Å². The average molecular weight is 318 g/mol. The topological polar surface area (TPSA) is 46.2 Å². The molecule has 0 aliphatic rings. The normalized spacial score (nSPS) is 11.4. The molecule has 0 unspecified atom stereocenters. The summed E-state index contributed by atoms with van der Waals surface area (Å²) in [6.45, 7) is 5.86. The summed E-state index contributed by atoms with van der Waals surface area (Å²) >= 11 is 3.11. The smallest absolute Gasteiger partial charge is 0.207 e. The molecule has 0 aliphatic carbocycles. The summed E-state index contributed by atoms with van der Waals surface area (Å²) in [7, 11) is -3.43. The molecule has 0 atom stereocenters. The van der Waals surface area contributed by atoms with Gasteiger partial charge in [-0.05, 0) is 24.1 Å². The molecule has 1 rings (SSSR count). The number of nitrogens with one attached hydrogen (secondary N) is 1. The van der Waals surface area contributed by atoms with Gasteiger partial charge >= 0.3 is 0 Å². The summed E-state index contributed by atoms with van der Waals surface area (Å²) in [4.78, 5) is 0.283. The maximum absolute atomic E-state index is 11.8. The second kappa shape index (κ2) is 6.33. The molecule has 1 aromatic carbocycles. The van der Waals surface area contributed by atoms with E-state index >= 15 is 0 Å². The standard InChI is InChI=1S/C12H16BrNO2S/c1-3-4-11-5-7-12(8-6-11)17(15,16)14-9-10(2)13/h5-8,14H,2-4,9H2,1H3. The van der Waals surface area contributed by atoms with Crippen molar-refractivity contribution in [2.45, 2.75) is 24.7 Å². The second-order valence-electron chi connectivity index (χ2n) is 3.74. The average Bonchev–Trinajstić information content (AvgIpc) is 2.28. The summed E-state index contributed by atoms with van der Waals surface area (Å²) in [5.41, 5.74) is 1.15. The molecule has 17 heavy (non-hydrogen) atoms. The predicted octanol–water partition coefficient (Wildman–Crippen LogP) is 2.83. The summed E-state index contributed by atoms with van der Waals surface area (Å²) in [6.07, 6.45) is 2.01. The quantitative estimate of drug-likeness (QED) is 0.877. The van der Waals surface area contributed by atoms with E-state index in [9.17, 15) is 8.42 Å². The highest BCUT2D eigenvalue weighted by atomic mass is 79.9. The molecule has 0 heterocycles. The zero-order chi connectivity index (χ0) is 12.9. The van der Waals surface area contributed by atoms with Crippen LogP contribution in [0.25, 0.3) is 0 Å². The van der Waals surface area contributed by atoms with Gasteiger partial charge in [-0.15, -0.1) is 0 Å². The number of rotatable bonds is 6. The molecule has 0 bridgehead atoms. The molecule has 0 fully saturated rings. The maximum Gasteiger partial charge on any atom is 0.240 e. The van der Waals surface area contributed by atoms with Crippen molar-refractivity contribution in [1.82, 2.24) is 4.72 Å². The van der Waals surface area contributed by atoms with Crippen molar-refractivity contribution >= 4 is 26.0 Å². The minimum atomic E-state index is -3.43. The Labute approximate surface area is 111 Å². The number of hydrogen-bond acceptors (Lipinski definition) is 2. The molecule has 0 aromatic heterocycles. The first-order chi connectivity index (χ1) is 7.95. The third kappa shape index (κ3) is 4.61. The lowest BCUT2D eigenvalue weighted by atomic mass is 10.1. The van der Waals surface area contributed by atoms with E-state index in [0.29, 0.717) is 4.48 Å². The fourth-order valence-corrected chi connectivity index (χ4v) is 2.73. The zero-order valence-electron chi connectivity index (χ0n) is 9.74. The van der Waals surface area contributed by atoms with Gasteiger partial charge in [-0.3, -0.25) is 0 Å². The minimum absolute atomic E-state index is 0.193. The van der Waals surface area contributed by atoms with Crippen LogP contribution in [0.15, 0.2) is 40.2 Å². The Bertz CT molecular complexity index is 480. The van der Waals surface area contributed by atoms with Gasteiger partial charge < -0.3 is 0 Å². The van der Waals surface area contributed by atoms with Gasteiger partial charge in [-0.25, -0.2) is 13.1 Å². The lowest BCUT2D eigenvalue weighted by Crippen LogP contribution is -2.24. The first-order valence-electron chi connectivity index (χ1n) is 5.37. The molecule has 0 spiro atoms. The van der Waals surface area contributed by atoms with Gasteiger partial charge in [0.15, 0.2) is 0 Å². The van der Waals surface area contributed by atoms with Crippen LogP contribution in [0.1, 0.15) is 18.9 Å². The third-order valence-corrected chi connectivity index (χ3v) is 3.92. The van der Waals surface area contributed by atoms with Gasteiger partial charge in [0, 0.05) is 11.0 Å². The maximum atomic E-state index is 11.8. The lowest BCUT2D eigenvalue weighted by Gasteiger charge is -2.06. The van der Waals surface area contributed by atoms with Gasteiger partial charge in [0.2, 0.25) is 10.0 Å². The van der Waals surface area contributed by atoms with Crippen LogP contribution in [-0.2, 0) is 16.4 Å². The van der Waals surface area contributed by atoms with Crippen molar-refractivity contribution in [2.24, 2.45) is 0 Å². The Balaban J connectivity index is 2.81. The van der Waals surface area contributed by atoms with Crippen molar-refractivity contribution in [3.63, 3.8) is 0 Å². The van der Waals surface area contributed by atoms with Crippen LogP contribution in [0.5, 0.6) is 0 Å². The molecule has 3 nitrogen and oxygen atoms in total. The summed E-state index contributed by atoms with van der Waals surface area (Å²) in [5.74, 6) is 0. The molecule has 94 valence electrons. The molecule has 1 aromatic rings. The van der Waals surface area contributed by atoms with Crippen molar-refractivity contribution in [3.05, 3.63) is 40.9 Å². The predicted molar refractivity (Wildman–Crippen MR) is 73.7 cm³/mol. The van der Waals surface area contributed by atoms with Gasteiger partial charge in [0.25, 0.3) is 0 Å². The van der Waals surface area contributed by atoms with Crippen LogP contribution < -0.4 is 4.72 Å². The molecule has 0 saturated heterocycles. The Morgan fingerprint density at radius 1 is 1.35 bits per heavy atom. The molecule has 0 aliphatic heterocycles. The SMILES string of the molecule is C=C(Br)CNS(=O)(=O)c1ccc(CCC)cc1. The van der Waals surface area contributed by atoms with E-state index < -0.39 is 10.0 Å². The molecular weight excluding hydrogens is 302 g/mol. The van der Waals surface area contributed by atoms with Crippen molar-refractivity contribution in [3.8, 4) is 0 Å². The van der Waals surface area contributed by atoms with E-state index in [4.69, 9.17) is 0 Å². The van der Waals surface area contributed by atoms with E-state index in [1.54, 1.807) is 12.1 Å². The largest absolute Gasteiger partial charge is 0.240 e. The van der Waals surface area contributed by atoms with Crippen LogP contribution in [-0.4, -0.2) is 15.0 Å². The number of halogens is 1. The lowest BCUT2D eigenvalue weighted by molar-refractivity contribution is 0.585. The van der Waals surface area contributed by atoms with Gasteiger partial charge in [0.1, 0.15) is 0 Å². The minimum Gasteiger partial charge on any atom is -0.207 e. The van der Waals surface area contributed by atoms with E-state index in [2.05, 4.69) is 34.2 Å². The highest BCUT2D eigenvalue weighted by molar-refractivity contribution is 9.11. The first kappa shape index (κ1) is 14.4. The second-order valence-corrected chi connectivity index (χ2v) is 6.62. The fraction of sp³-hybridized carbons (Fsp3) is 0.333. The zero-order valence-corrected chi connectivity index (χ0v) is 12.1. The van der Waals surface area contributed by atoms with Crippen LogP contribution >= 0.6 is 15.9 Å². The van der Waals surface area contributed by atoms with Gasteiger partial charge in [-0.1, -0.05) is 48.0 Å². The van der Waals surface area contributed by atoms with Crippen LogP contribution in [0.4, 0.5) is 0 Å². The highest BCUT2D eigenvalue weighted by Crippen LogP contribution is 2.12. The van der Waals surface area contributed by atoms with Gasteiger partial charge in [-0.2, -0.15) is 0 Å². The van der Waals surface area contributed by atoms with E-state index in [0.717, 1.165) is 18.4 Å². The van der Waals surface area contributed by atoms with Crippen LogP contribution in [0.3, 0.4) is 0 Å². The Morgan fingerprint density at radius 2 is 1.94 bits per heavy atom. The summed E-state index contributed by atoms with van der Waals surface area (Å²) in [6, 6.07) is 6.96. The molecule has 1 N–H and O–H groups in total. The van der Waals surface area contributed by atoms with E-state index in [1.165, 1.54) is 0 Å². The Kier molecular flexibility index (Phi) is 5.36. The molecule has 0 saturated carbocycles. The van der Waals surface area contributed by atoms with Crippen molar-refractivity contribution in [1.29, 1.82) is 0 Å². The summed E-state index contributed by atoms with van der Waals surface area (Å²) < 4.78 is 26.7. The number of hydrogen-bond donors (Lipinski definition) is 1. The number of benzene rings is 1. The first-order valence-corrected chi connectivity index (χ1v) is 7.65. The van der Waals surface area contributed by atoms with Crippen LogP contribution in [0.2, 0.25) is 0 Å².